The average molecular weight is 284 g/mol. The maximum atomic E-state index is 12.2. The minimum atomic E-state index is -0.397. The summed E-state index contributed by atoms with van der Waals surface area (Å²) < 4.78 is 10.5. The van der Waals surface area contributed by atoms with Gasteiger partial charge in [0.1, 0.15) is 0 Å². The van der Waals surface area contributed by atoms with Crippen LogP contribution < -0.4 is 0 Å². The third-order valence-corrected chi connectivity index (χ3v) is 2.54. The Bertz CT molecular complexity index is 319. The van der Waals surface area contributed by atoms with Crippen LogP contribution in [0.25, 0.3) is 0 Å². The molecule has 20 heavy (non-hydrogen) atoms. The Kier molecular flexibility index (Phi) is 8.93. The summed E-state index contributed by atoms with van der Waals surface area (Å²) in [6.07, 6.45) is 2.24. The van der Waals surface area contributed by atoms with Crippen LogP contribution >= 0.6 is 0 Å². The van der Waals surface area contributed by atoms with Gasteiger partial charge < -0.3 is 9.47 Å². The molecule has 0 radical (unpaired) electrons. The van der Waals surface area contributed by atoms with E-state index in [0.717, 1.165) is 12.8 Å². The monoisotopic (exact) mass is 284 g/mol. The van der Waals surface area contributed by atoms with E-state index in [1.807, 2.05) is 13.8 Å². The molecule has 0 aliphatic carbocycles. The molecule has 0 spiro atoms. The zero-order chi connectivity index (χ0) is 15.7. The van der Waals surface area contributed by atoms with Crippen LogP contribution in [0.4, 0.5) is 0 Å². The summed E-state index contributed by atoms with van der Waals surface area (Å²) in [5.41, 5.74) is 0.933. The molecule has 0 fully saturated rings. The van der Waals surface area contributed by atoms with Crippen LogP contribution in [-0.4, -0.2) is 24.1 Å². The largest absolute Gasteiger partial charge is 0.460 e. The molecule has 0 aromatic carbocycles. The third-order valence-electron chi connectivity index (χ3n) is 2.54. The highest BCUT2D eigenvalue weighted by atomic mass is 16.5. The van der Waals surface area contributed by atoms with Gasteiger partial charge in [-0.25, -0.2) is 9.59 Å². The fourth-order valence-corrected chi connectivity index (χ4v) is 1.82. The summed E-state index contributed by atoms with van der Waals surface area (Å²) in [6.45, 7) is 11.1. The number of carbonyl (C=O) groups excluding carboxylic acids is 2. The first kappa shape index (κ1) is 18.7. The van der Waals surface area contributed by atoms with Gasteiger partial charge in [0.25, 0.3) is 0 Å². The topological polar surface area (TPSA) is 52.6 Å². The molecule has 0 N–H and O–H groups in total. The van der Waals surface area contributed by atoms with Gasteiger partial charge >= 0.3 is 11.9 Å². The van der Waals surface area contributed by atoms with Crippen LogP contribution in [0.2, 0.25) is 0 Å². The molecule has 4 heteroatoms. The molecular weight excluding hydrogens is 256 g/mol. The normalized spacial score (nSPS) is 12.4. The summed E-state index contributed by atoms with van der Waals surface area (Å²) in [6, 6.07) is 0. The van der Waals surface area contributed by atoms with Crippen molar-refractivity contribution in [1.29, 1.82) is 0 Å². The summed E-state index contributed by atoms with van der Waals surface area (Å²) in [4.78, 5) is 24.3. The van der Waals surface area contributed by atoms with Gasteiger partial charge in [0.15, 0.2) is 0 Å². The quantitative estimate of drug-likeness (QED) is 0.502. The van der Waals surface area contributed by atoms with Crippen LogP contribution in [0.3, 0.4) is 0 Å². The van der Waals surface area contributed by atoms with Crippen LogP contribution in [0.1, 0.15) is 67.2 Å². The van der Waals surface area contributed by atoms with Gasteiger partial charge in [-0.05, 0) is 40.5 Å². The second kappa shape index (κ2) is 9.56. The standard InChI is InChI=1S/C16H28O4/c1-7-9-13(15(17)19-11(3)4)14(10-8-2)16(18)20-12(5)6/h11-12H,7-10H2,1-6H3/b14-13-. The van der Waals surface area contributed by atoms with Crippen LogP contribution in [0.5, 0.6) is 0 Å². The first-order chi connectivity index (χ1) is 9.33. The smallest absolute Gasteiger partial charge is 0.334 e. The molecule has 4 nitrogen and oxygen atoms in total. The predicted molar refractivity (Wildman–Crippen MR) is 79.3 cm³/mol. The molecule has 0 aliphatic heterocycles. The van der Waals surface area contributed by atoms with Gasteiger partial charge in [-0.15, -0.1) is 0 Å². The van der Waals surface area contributed by atoms with Gasteiger partial charge in [-0.3, -0.25) is 0 Å². The third kappa shape index (κ3) is 6.73. The SMILES string of the molecule is CCC/C(C(=O)OC(C)C)=C(\CCC)C(=O)OC(C)C. The van der Waals surface area contributed by atoms with E-state index >= 15 is 0 Å². The molecule has 0 aromatic heterocycles. The van der Waals surface area contributed by atoms with Crippen molar-refractivity contribution in [3.63, 3.8) is 0 Å². The second-order valence-electron chi connectivity index (χ2n) is 5.37. The highest BCUT2D eigenvalue weighted by molar-refractivity contribution is 6.00. The number of hydrogen-bond donors (Lipinski definition) is 0. The van der Waals surface area contributed by atoms with Crippen molar-refractivity contribution in [3.05, 3.63) is 11.1 Å². The first-order valence-corrected chi connectivity index (χ1v) is 7.47. The molecule has 0 rings (SSSR count). The van der Waals surface area contributed by atoms with E-state index in [1.165, 1.54) is 0 Å². The fraction of sp³-hybridized carbons (Fsp3) is 0.750. The van der Waals surface area contributed by atoms with Crippen molar-refractivity contribution < 1.29 is 19.1 Å². The Morgan fingerprint density at radius 1 is 0.750 bits per heavy atom. The molecule has 0 unspecified atom stereocenters. The second-order valence-corrected chi connectivity index (χ2v) is 5.37. The molecular formula is C16H28O4. The van der Waals surface area contributed by atoms with E-state index < -0.39 is 11.9 Å². The number of ether oxygens (including phenoxy) is 2. The number of carbonyl (C=O) groups is 2. The van der Waals surface area contributed by atoms with E-state index in [2.05, 4.69) is 0 Å². The Morgan fingerprint density at radius 2 is 1.05 bits per heavy atom. The minimum Gasteiger partial charge on any atom is -0.460 e. The van der Waals surface area contributed by atoms with E-state index in [4.69, 9.17) is 9.47 Å². The van der Waals surface area contributed by atoms with Crippen molar-refractivity contribution >= 4 is 11.9 Å². The van der Waals surface area contributed by atoms with Crippen molar-refractivity contribution in [2.24, 2.45) is 0 Å². The molecule has 0 atom stereocenters. The highest BCUT2D eigenvalue weighted by Crippen LogP contribution is 2.20. The van der Waals surface area contributed by atoms with Crippen molar-refractivity contribution in [1.82, 2.24) is 0 Å². The van der Waals surface area contributed by atoms with Gasteiger partial charge in [0.2, 0.25) is 0 Å². The maximum absolute atomic E-state index is 12.2. The Hall–Kier alpha value is -1.32. The van der Waals surface area contributed by atoms with Crippen molar-refractivity contribution in [2.75, 3.05) is 0 Å². The number of esters is 2. The number of hydrogen-bond acceptors (Lipinski definition) is 4. The number of rotatable bonds is 8. The molecule has 0 aliphatic rings. The molecule has 0 heterocycles. The van der Waals surface area contributed by atoms with Gasteiger partial charge in [-0.1, -0.05) is 26.7 Å². The molecule has 0 saturated heterocycles. The van der Waals surface area contributed by atoms with Crippen LogP contribution in [0.15, 0.2) is 11.1 Å². The maximum Gasteiger partial charge on any atom is 0.334 e. The Labute approximate surface area is 122 Å². The van der Waals surface area contributed by atoms with Gasteiger partial charge in [0, 0.05) is 11.1 Å². The van der Waals surface area contributed by atoms with E-state index in [1.54, 1.807) is 27.7 Å². The van der Waals surface area contributed by atoms with Crippen molar-refractivity contribution in [2.45, 2.75) is 79.4 Å². The molecule has 0 aromatic rings. The summed E-state index contributed by atoms with van der Waals surface area (Å²) in [5, 5.41) is 0. The summed E-state index contributed by atoms with van der Waals surface area (Å²) in [5.74, 6) is -0.794. The van der Waals surface area contributed by atoms with Crippen LogP contribution in [0, 0.1) is 0 Å². The van der Waals surface area contributed by atoms with E-state index in [9.17, 15) is 9.59 Å². The predicted octanol–water partition coefficient (Wildman–Crippen LogP) is 3.79. The lowest BCUT2D eigenvalue weighted by molar-refractivity contribution is -0.146. The van der Waals surface area contributed by atoms with Gasteiger partial charge in [-0.2, -0.15) is 0 Å². The first-order valence-electron chi connectivity index (χ1n) is 7.47. The zero-order valence-corrected chi connectivity index (χ0v) is 13.6. The summed E-state index contributed by atoms with van der Waals surface area (Å²) >= 11 is 0. The average Bonchev–Trinajstić information content (AvgIpc) is 2.31. The molecule has 0 saturated carbocycles. The fourth-order valence-electron chi connectivity index (χ4n) is 1.82. The molecule has 116 valence electrons. The highest BCUT2D eigenvalue weighted by Gasteiger charge is 2.23. The lowest BCUT2D eigenvalue weighted by atomic mass is 9.99. The zero-order valence-electron chi connectivity index (χ0n) is 13.6. The molecule has 0 amide bonds. The van der Waals surface area contributed by atoms with Crippen molar-refractivity contribution in [3.8, 4) is 0 Å². The lowest BCUT2D eigenvalue weighted by Crippen LogP contribution is -2.21. The minimum absolute atomic E-state index is 0.196. The van der Waals surface area contributed by atoms with Gasteiger partial charge in [0.05, 0.1) is 12.2 Å². The van der Waals surface area contributed by atoms with Crippen LogP contribution in [-0.2, 0) is 19.1 Å². The lowest BCUT2D eigenvalue weighted by Gasteiger charge is -2.16. The Morgan fingerprint density at radius 3 is 1.25 bits per heavy atom. The summed E-state index contributed by atoms with van der Waals surface area (Å²) in [7, 11) is 0. The van der Waals surface area contributed by atoms with E-state index in [0.29, 0.717) is 24.0 Å². The molecule has 0 bridgehead atoms. The van der Waals surface area contributed by atoms with E-state index in [-0.39, 0.29) is 12.2 Å². The Balaban J connectivity index is 5.40.